The lowest BCUT2D eigenvalue weighted by molar-refractivity contribution is -0.146. The van der Waals surface area contributed by atoms with Crippen LogP contribution in [0.4, 0.5) is 4.39 Å². The monoisotopic (exact) mass is 283 g/mol. The Balaban J connectivity index is 2.76. The Kier molecular flexibility index (Phi) is 4.76. The number of nitrogens with zero attached hydrogens (tertiary/aromatic N) is 1. The van der Waals surface area contributed by atoms with Crippen molar-refractivity contribution < 1.29 is 19.0 Å². The predicted molar refractivity (Wildman–Crippen MR) is 75.0 cm³/mol. The van der Waals surface area contributed by atoms with E-state index in [9.17, 15) is 14.3 Å². The molecule has 1 aromatic carbocycles. The minimum atomic E-state index is -1.10. The summed E-state index contributed by atoms with van der Waals surface area (Å²) in [5.41, 5.74) is -2.08. The van der Waals surface area contributed by atoms with Crippen LogP contribution in [0.2, 0.25) is 0 Å². The van der Waals surface area contributed by atoms with E-state index in [0.29, 0.717) is 5.75 Å². The van der Waals surface area contributed by atoms with E-state index in [0.717, 1.165) is 0 Å². The maximum Gasteiger partial charge on any atom is 0.266 e. The van der Waals surface area contributed by atoms with Crippen LogP contribution in [0, 0.1) is 5.82 Å². The summed E-state index contributed by atoms with van der Waals surface area (Å²) in [5.74, 6) is -0.203. The Labute approximate surface area is 119 Å². The summed E-state index contributed by atoms with van der Waals surface area (Å²) in [5, 5.41) is 9.75. The molecule has 0 saturated heterocycles. The minimum absolute atomic E-state index is 0.196. The maximum absolute atomic E-state index is 12.8. The topological polar surface area (TPSA) is 49.8 Å². The molecule has 1 amide bonds. The van der Waals surface area contributed by atoms with E-state index in [1.807, 2.05) is 0 Å². The van der Waals surface area contributed by atoms with E-state index in [-0.39, 0.29) is 18.3 Å². The number of aliphatic hydroxyl groups is 1. The van der Waals surface area contributed by atoms with E-state index >= 15 is 0 Å². The van der Waals surface area contributed by atoms with Crippen LogP contribution in [-0.4, -0.2) is 40.7 Å². The normalized spacial score (nSPS) is 12.2. The zero-order valence-electron chi connectivity index (χ0n) is 12.6. The van der Waals surface area contributed by atoms with Crippen LogP contribution in [0.15, 0.2) is 24.3 Å². The van der Waals surface area contributed by atoms with Crippen LogP contribution in [0.5, 0.6) is 5.75 Å². The number of hydrogen-bond donors (Lipinski definition) is 1. The third-order valence-electron chi connectivity index (χ3n) is 2.67. The highest BCUT2D eigenvalue weighted by Gasteiger charge is 2.34. The second kappa shape index (κ2) is 5.79. The average molecular weight is 283 g/mol. The van der Waals surface area contributed by atoms with Gasteiger partial charge in [-0.05, 0) is 52.0 Å². The number of carbonyl (C=O) groups excluding carboxylic acids is 1. The van der Waals surface area contributed by atoms with Gasteiger partial charge >= 0.3 is 0 Å². The molecular weight excluding hydrogens is 261 g/mol. The number of ether oxygens (including phenoxy) is 1. The average Bonchev–Trinajstić information content (AvgIpc) is 2.28. The van der Waals surface area contributed by atoms with Gasteiger partial charge in [-0.15, -0.1) is 0 Å². The van der Waals surface area contributed by atoms with Crippen LogP contribution in [0.1, 0.15) is 27.7 Å². The molecule has 0 aromatic heterocycles. The van der Waals surface area contributed by atoms with Crippen molar-refractivity contribution in [2.45, 2.75) is 38.9 Å². The molecule has 0 aliphatic rings. The van der Waals surface area contributed by atoms with Gasteiger partial charge in [0.2, 0.25) is 0 Å². The lowest BCUT2D eigenvalue weighted by Gasteiger charge is -2.33. The highest BCUT2D eigenvalue weighted by atomic mass is 19.1. The number of rotatable bonds is 5. The van der Waals surface area contributed by atoms with Crippen LogP contribution in [0.25, 0.3) is 0 Å². The predicted octanol–water partition coefficient (Wildman–Crippen LogP) is 2.21. The highest BCUT2D eigenvalue weighted by Crippen LogP contribution is 2.21. The molecule has 1 aromatic rings. The van der Waals surface area contributed by atoms with Crippen molar-refractivity contribution in [1.82, 2.24) is 4.90 Å². The summed E-state index contributed by atoms with van der Waals surface area (Å²) in [6.45, 7) is 6.73. The van der Waals surface area contributed by atoms with E-state index in [1.54, 1.807) is 34.7 Å². The fourth-order valence-electron chi connectivity index (χ4n) is 1.95. The molecule has 1 N–H and O–H groups in total. The number of halogens is 1. The van der Waals surface area contributed by atoms with Gasteiger partial charge in [0.15, 0.2) is 5.60 Å². The zero-order chi connectivity index (χ0) is 15.6. The van der Waals surface area contributed by atoms with Gasteiger partial charge in [0.05, 0.1) is 5.60 Å². The molecule has 0 radical (unpaired) electrons. The number of likely N-dealkylation sites (N-methyl/N-ethyl adjacent to an activating group) is 1. The van der Waals surface area contributed by atoms with Gasteiger partial charge in [0, 0.05) is 13.6 Å². The van der Waals surface area contributed by atoms with E-state index < -0.39 is 11.2 Å². The van der Waals surface area contributed by atoms with Crippen molar-refractivity contribution in [3.8, 4) is 5.75 Å². The Morgan fingerprint density at radius 2 is 1.75 bits per heavy atom. The van der Waals surface area contributed by atoms with Crippen molar-refractivity contribution in [3.63, 3.8) is 0 Å². The lowest BCUT2D eigenvalue weighted by atomic mass is 10.1. The van der Waals surface area contributed by atoms with Crippen molar-refractivity contribution in [2.24, 2.45) is 0 Å². The number of amides is 1. The first-order valence-corrected chi connectivity index (χ1v) is 6.44. The first kappa shape index (κ1) is 16.4. The smallest absolute Gasteiger partial charge is 0.266 e. The zero-order valence-corrected chi connectivity index (χ0v) is 12.6. The number of benzene rings is 1. The number of hydrogen-bond acceptors (Lipinski definition) is 3. The van der Waals surface area contributed by atoms with E-state index in [1.165, 1.54) is 29.2 Å². The molecule has 20 heavy (non-hydrogen) atoms. The van der Waals surface area contributed by atoms with Crippen molar-refractivity contribution in [1.29, 1.82) is 0 Å². The molecule has 0 spiro atoms. The minimum Gasteiger partial charge on any atom is -0.478 e. The third-order valence-corrected chi connectivity index (χ3v) is 2.67. The summed E-state index contributed by atoms with van der Waals surface area (Å²) >= 11 is 0. The molecule has 0 aliphatic heterocycles. The van der Waals surface area contributed by atoms with Crippen LogP contribution >= 0.6 is 0 Å². The fourth-order valence-corrected chi connectivity index (χ4v) is 1.95. The molecule has 0 heterocycles. The molecule has 0 aliphatic carbocycles. The lowest BCUT2D eigenvalue weighted by Crippen LogP contribution is -2.50. The highest BCUT2D eigenvalue weighted by molar-refractivity contribution is 5.84. The summed E-state index contributed by atoms with van der Waals surface area (Å²) in [6.07, 6.45) is 0. The first-order valence-electron chi connectivity index (χ1n) is 6.44. The van der Waals surface area contributed by atoms with Gasteiger partial charge < -0.3 is 14.7 Å². The van der Waals surface area contributed by atoms with Crippen molar-refractivity contribution >= 4 is 5.91 Å². The second-order valence-corrected chi connectivity index (χ2v) is 6.04. The standard InChI is InChI=1S/C15H22FNO3/c1-14(2,19)10-17(5)13(18)15(3,4)20-12-8-6-11(16)7-9-12/h6-9,19H,10H2,1-5H3. The Morgan fingerprint density at radius 1 is 1.25 bits per heavy atom. The van der Waals surface area contributed by atoms with Gasteiger partial charge in [0.25, 0.3) is 5.91 Å². The molecule has 0 bridgehead atoms. The van der Waals surface area contributed by atoms with Crippen molar-refractivity contribution in [2.75, 3.05) is 13.6 Å². The molecule has 1 rings (SSSR count). The van der Waals surface area contributed by atoms with Gasteiger partial charge in [0.1, 0.15) is 11.6 Å². The SMILES string of the molecule is CN(CC(C)(C)O)C(=O)C(C)(C)Oc1ccc(F)cc1. The first-order chi connectivity index (χ1) is 9.01. The molecule has 0 fully saturated rings. The second-order valence-electron chi connectivity index (χ2n) is 6.04. The molecule has 0 unspecified atom stereocenters. The third kappa shape index (κ3) is 4.81. The van der Waals surface area contributed by atoms with E-state index in [4.69, 9.17) is 4.74 Å². The van der Waals surface area contributed by atoms with Gasteiger partial charge in [-0.1, -0.05) is 0 Å². The molecule has 4 nitrogen and oxygen atoms in total. The largest absolute Gasteiger partial charge is 0.478 e. The molecule has 0 saturated carbocycles. The maximum atomic E-state index is 12.8. The molecule has 0 atom stereocenters. The molecular formula is C15H22FNO3. The van der Waals surface area contributed by atoms with Gasteiger partial charge in [-0.2, -0.15) is 0 Å². The Morgan fingerprint density at radius 3 is 2.20 bits per heavy atom. The van der Waals surface area contributed by atoms with E-state index in [2.05, 4.69) is 0 Å². The Hall–Kier alpha value is -1.62. The number of carbonyl (C=O) groups is 1. The van der Waals surface area contributed by atoms with Crippen LogP contribution in [0.3, 0.4) is 0 Å². The summed E-state index contributed by atoms with van der Waals surface area (Å²) in [6, 6.07) is 5.49. The summed E-state index contributed by atoms with van der Waals surface area (Å²) < 4.78 is 18.4. The summed E-state index contributed by atoms with van der Waals surface area (Å²) in [4.78, 5) is 13.7. The fraction of sp³-hybridized carbons (Fsp3) is 0.533. The van der Waals surface area contributed by atoms with Gasteiger partial charge in [-0.25, -0.2) is 4.39 Å². The Bertz CT molecular complexity index is 463. The van der Waals surface area contributed by atoms with Crippen LogP contribution in [-0.2, 0) is 4.79 Å². The molecule has 112 valence electrons. The van der Waals surface area contributed by atoms with Crippen LogP contribution < -0.4 is 4.74 Å². The quantitative estimate of drug-likeness (QED) is 0.901. The van der Waals surface area contributed by atoms with Crippen molar-refractivity contribution in [3.05, 3.63) is 30.1 Å². The van der Waals surface area contributed by atoms with Gasteiger partial charge in [-0.3, -0.25) is 4.79 Å². The molecule has 5 heteroatoms. The summed E-state index contributed by atoms with van der Waals surface area (Å²) in [7, 11) is 1.61.